The van der Waals surface area contributed by atoms with Crippen molar-refractivity contribution in [1.82, 2.24) is 4.90 Å². The maximum atomic E-state index is 10.1. The van der Waals surface area contributed by atoms with E-state index in [2.05, 4.69) is 51.8 Å². The summed E-state index contributed by atoms with van der Waals surface area (Å²) in [4.78, 5) is 2.21. The first-order valence-electron chi connectivity index (χ1n) is 8.18. The van der Waals surface area contributed by atoms with Crippen LogP contribution in [0.25, 0.3) is 11.1 Å². The molecular weight excluding hydrogens is 417 g/mol. The number of morpholine rings is 1. The SMILES string of the molecule is OC(COc1ccc(-c2ccc(I)cc2)cc1)CN1CCOCC1. The van der Waals surface area contributed by atoms with E-state index in [0.29, 0.717) is 13.2 Å². The molecule has 0 amide bonds. The monoisotopic (exact) mass is 439 g/mol. The molecule has 1 N–H and O–H groups in total. The highest BCUT2D eigenvalue weighted by Gasteiger charge is 2.15. The lowest BCUT2D eigenvalue weighted by molar-refractivity contribution is 0.00466. The summed E-state index contributed by atoms with van der Waals surface area (Å²) in [5, 5.41) is 10.1. The van der Waals surface area contributed by atoms with Gasteiger partial charge in [0.2, 0.25) is 0 Å². The van der Waals surface area contributed by atoms with Gasteiger partial charge in [0.25, 0.3) is 0 Å². The Labute approximate surface area is 156 Å². The molecule has 2 aromatic carbocycles. The second-order valence-corrected chi connectivity index (χ2v) is 7.15. The van der Waals surface area contributed by atoms with Gasteiger partial charge in [-0.1, -0.05) is 24.3 Å². The van der Waals surface area contributed by atoms with Crippen LogP contribution < -0.4 is 4.74 Å². The fourth-order valence-electron chi connectivity index (χ4n) is 2.71. The lowest BCUT2D eigenvalue weighted by Gasteiger charge is -2.28. The van der Waals surface area contributed by atoms with Crippen molar-refractivity contribution in [2.75, 3.05) is 39.5 Å². The van der Waals surface area contributed by atoms with E-state index < -0.39 is 6.10 Å². The zero-order valence-corrected chi connectivity index (χ0v) is 15.7. The number of β-amino-alcohol motifs (C(OH)–C–C–N with tert-alkyl or cyclic N) is 1. The molecule has 1 saturated heterocycles. The molecule has 1 fully saturated rings. The van der Waals surface area contributed by atoms with Crippen LogP contribution in [0.1, 0.15) is 0 Å². The third-order valence-corrected chi connectivity index (χ3v) is 4.77. The maximum absolute atomic E-state index is 10.1. The second-order valence-electron chi connectivity index (χ2n) is 5.91. The predicted octanol–water partition coefficient (Wildman–Crippen LogP) is 3.03. The van der Waals surface area contributed by atoms with E-state index in [9.17, 15) is 5.11 Å². The van der Waals surface area contributed by atoms with Gasteiger partial charge >= 0.3 is 0 Å². The first kappa shape index (κ1) is 17.7. The molecule has 1 aliphatic heterocycles. The summed E-state index contributed by atoms with van der Waals surface area (Å²) in [6.45, 7) is 4.18. The van der Waals surface area contributed by atoms with Crippen LogP contribution >= 0.6 is 22.6 Å². The Hall–Kier alpha value is -1.15. The van der Waals surface area contributed by atoms with Crippen molar-refractivity contribution in [3.8, 4) is 16.9 Å². The third-order valence-electron chi connectivity index (χ3n) is 4.05. The van der Waals surface area contributed by atoms with Gasteiger partial charge in [-0.2, -0.15) is 0 Å². The van der Waals surface area contributed by atoms with E-state index in [4.69, 9.17) is 9.47 Å². The Morgan fingerprint density at radius 1 is 1.00 bits per heavy atom. The van der Waals surface area contributed by atoms with Crippen LogP contribution in [-0.2, 0) is 4.74 Å². The standard InChI is InChI=1S/C19H22INO3/c20-17-5-1-15(2-6-17)16-3-7-19(8-4-16)24-14-18(22)13-21-9-11-23-12-10-21/h1-8,18,22H,9-14H2. The van der Waals surface area contributed by atoms with E-state index in [1.807, 2.05) is 24.3 Å². The molecule has 0 spiro atoms. The molecule has 0 saturated carbocycles. The average molecular weight is 439 g/mol. The lowest BCUT2D eigenvalue weighted by atomic mass is 10.1. The number of aliphatic hydroxyl groups excluding tert-OH is 1. The molecule has 24 heavy (non-hydrogen) atoms. The molecule has 128 valence electrons. The van der Waals surface area contributed by atoms with Gasteiger partial charge in [-0.05, 0) is 58.0 Å². The smallest absolute Gasteiger partial charge is 0.119 e. The van der Waals surface area contributed by atoms with Crippen LogP contribution in [0.2, 0.25) is 0 Å². The Balaban J connectivity index is 1.49. The third kappa shape index (κ3) is 5.17. The molecule has 0 aliphatic carbocycles. The lowest BCUT2D eigenvalue weighted by Crippen LogP contribution is -2.42. The van der Waals surface area contributed by atoms with Gasteiger partial charge in [0, 0.05) is 23.2 Å². The van der Waals surface area contributed by atoms with Crippen LogP contribution in [0.3, 0.4) is 0 Å². The molecular formula is C19H22INO3. The highest BCUT2D eigenvalue weighted by atomic mass is 127. The van der Waals surface area contributed by atoms with Crippen molar-refractivity contribution in [2.24, 2.45) is 0 Å². The topological polar surface area (TPSA) is 41.9 Å². The fourth-order valence-corrected chi connectivity index (χ4v) is 3.07. The summed E-state index contributed by atoms with van der Waals surface area (Å²) in [6.07, 6.45) is -0.487. The van der Waals surface area contributed by atoms with Gasteiger partial charge < -0.3 is 14.6 Å². The number of hydrogen-bond donors (Lipinski definition) is 1. The Morgan fingerprint density at radius 3 is 2.21 bits per heavy atom. The van der Waals surface area contributed by atoms with Gasteiger partial charge in [-0.3, -0.25) is 4.90 Å². The summed E-state index contributed by atoms with van der Waals surface area (Å²) >= 11 is 2.30. The van der Waals surface area contributed by atoms with Crippen LogP contribution in [-0.4, -0.2) is 55.6 Å². The largest absolute Gasteiger partial charge is 0.491 e. The zero-order chi connectivity index (χ0) is 16.8. The number of nitrogens with zero attached hydrogens (tertiary/aromatic N) is 1. The number of aliphatic hydroxyl groups is 1. The summed E-state index contributed by atoms with van der Waals surface area (Å²) < 4.78 is 12.2. The summed E-state index contributed by atoms with van der Waals surface area (Å²) in [5.41, 5.74) is 2.35. The van der Waals surface area contributed by atoms with E-state index in [-0.39, 0.29) is 0 Å². The molecule has 3 rings (SSSR count). The van der Waals surface area contributed by atoms with E-state index >= 15 is 0 Å². The summed E-state index contributed by atoms with van der Waals surface area (Å²) in [7, 11) is 0. The fraction of sp³-hybridized carbons (Fsp3) is 0.368. The number of rotatable bonds is 6. The van der Waals surface area contributed by atoms with Crippen molar-refractivity contribution < 1.29 is 14.6 Å². The minimum absolute atomic E-state index is 0.306. The molecule has 1 unspecified atom stereocenters. The van der Waals surface area contributed by atoms with E-state index in [1.54, 1.807) is 0 Å². The number of hydrogen-bond acceptors (Lipinski definition) is 4. The number of ether oxygens (including phenoxy) is 2. The summed E-state index contributed by atoms with van der Waals surface area (Å²) in [5.74, 6) is 0.783. The predicted molar refractivity (Wildman–Crippen MR) is 103 cm³/mol. The molecule has 4 nitrogen and oxygen atoms in total. The maximum Gasteiger partial charge on any atom is 0.119 e. The van der Waals surface area contributed by atoms with Crippen LogP contribution in [0.5, 0.6) is 5.75 Å². The molecule has 0 bridgehead atoms. The minimum atomic E-state index is -0.487. The normalized spacial score (nSPS) is 16.8. The van der Waals surface area contributed by atoms with Gasteiger partial charge in [0.15, 0.2) is 0 Å². The van der Waals surface area contributed by atoms with Gasteiger partial charge in [0.05, 0.1) is 13.2 Å². The van der Waals surface area contributed by atoms with Crippen LogP contribution in [0.15, 0.2) is 48.5 Å². The Morgan fingerprint density at radius 2 is 1.58 bits per heavy atom. The van der Waals surface area contributed by atoms with Crippen molar-refractivity contribution in [1.29, 1.82) is 0 Å². The molecule has 1 heterocycles. The molecule has 2 aromatic rings. The quantitative estimate of drug-likeness (QED) is 0.703. The first-order chi connectivity index (χ1) is 11.7. The van der Waals surface area contributed by atoms with Crippen LogP contribution in [0, 0.1) is 3.57 Å². The van der Waals surface area contributed by atoms with Gasteiger partial charge in [-0.25, -0.2) is 0 Å². The molecule has 1 atom stereocenters. The first-order valence-corrected chi connectivity index (χ1v) is 9.25. The van der Waals surface area contributed by atoms with Gasteiger partial charge in [0.1, 0.15) is 18.5 Å². The Kier molecular flexibility index (Phi) is 6.48. The average Bonchev–Trinajstić information content (AvgIpc) is 2.62. The van der Waals surface area contributed by atoms with E-state index in [0.717, 1.165) is 37.6 Å². The zero-order valence-electron chi connectivity index (χ0n) is 13.5. The molecule has 0 aromatic heterocycles. The summed E-state index contributed by atoms with van der Waals surface area (Å²) in [6, 6.07) is 16.4. The highest BCUT2D eigenvalue weighted by Crippen LogP contribution is 2.23. The number of benzene rings is 2. The minimum Gasteiger partial charge on any atom is -0.491 e. The second kappa shape index (κ2) is 8.80. The molecule has 5 heteroatoms. The number of halogens is 1. The van der Waals surface area contributed by atoms with E-state index in [1.165, 1.54) is 9.13 Å². The van der Waals surface area contributed by atoms with Gasteiger partial charge in [-0.15, -0.1) is 0 Å². The van der Waals surface area contributed by atoms with Crippen molar-refractivity contribution in [2.45, 2.75) is 6.10 Å². The highest BCUT2D eigenvalue weighted by molar-refractivity contribution is 14.1. The molecule has 1 aliphatic rings. The van der Waals surface area contributed by atoms with Crippen molar-refractivity contribution in [3.05, 3.63) is 52.1 Å². The Bertz CT molecular complexity index is 624. The van der Waals surface area contributed by atoms with Crippen LogP contribution in [0.4, 0.5) is 0 Å². The van der Waals surface area contributed by atoms with Crippen molar-refractivity contribution >= 4 is 22.6 Å². The van der Waals surface area contributed by atoms with Crippen molar-refractivity contribution in [3.63, 3.8) is 0 Å². The molecule has 0 radical (unpaired) electrons.